The van der Waals surface area contributed by atoms with Crippen molar-refractivity contribution in [1.82, 2.24) is 0 Å². The van der Waals surface area contributed by atoms with Crippen molar-refractivity contribution in [1.29, 1.82) is 0 Å². The molecule has 0 fully saturated rings. The van der Waals surface area contributed by atoms with Crippen molar-refractivity contribution in [3.05, 3.63) is 44.0 Å². The van der Waals surface area contributed by atoms with E-state index in [1.54, 1.807) is 0 Å². The Bertz CT molecular complexity index is 314. The molecule has 0 aromatic rings. The van der Waals surface area contributed by atoms with Crippen molar-refractivity contribution < 1.29 is 48.0 Å². The first kappa shape index (κ1) is 26.7. The first-order valence-corrected chi connectivity index (χ1v) is 17.4. The molecule has 0 saturated heterocycles. The van der Waals surface area contributed by atoms with Crippen molar-refractivity contribution in [3.63, 3.8) is 0 Å². The second kappa shape index (κ2) is 14.4. The first-order chi connectivity index (χ1) is 8.71. The molecule has 0 rings (SSSR count). The van der Waals surface area contributed by atoms with Crippen molar-refractivity contribution >= 4 is 16.1 Å². The molecule has 120 valence electrons. The molecule has 0 radical (unpaired) electrons. The molecule has 0 nitrogen and oxygen atoms in total. The van der Waals surface area contributed by atoms with Gasteiger partial charge in [0.2, 0.25) is 0 Å². The van der Waals surface area contributed by atoms with E-state index in [-0.39, 0.29) is 24.8 Å². The number of allylic oxidation sites excluding steroid dienone is 6. The van der Waals surface area contributed by atoms with E-state index in [1.165, 1.54) is 12.1 Å². The molecule has 0 N–H and O–H groups in total. The van der Waals surface area contributed by atoms with Crippen LogP contribution in [-0.4, -0.2) is 16.1 Å². The zero-order valence-corrected chi connectivity index (χ0v) is 20.3. The smallest absolute Gasteiger partial charge is 1.00 e. The predicted octanol–water partition coefficient (Wildman–Crippen LogP) is -0.107. The van der Waals surface area contributed by atoms with Crippen LogP contribution in [0.3, 0.4) is 0 Å². The van der Waals surface area contributed by atoms with Gasteiger partial charge in [-0.05, 0) is 0 Å². The van der Waals surface area contributed by atoms with E-state index in [0.29, 0.717) is 0 Å². The Morgan fingerprint density at radius 1 is 0.619 bits per heavy atom. The topological polar surface area (TPSA) is 0 Å². The largest absolute Gasteiger partial charge is 1.00 e. The Kier molecular flexibility index (Phi) is 18.4. The maximum atomic E-state index is 2.41. The average molecular weight is 441 g/mol. The van der Waals surface area contributed by atoms with E-state index in [4.69, 9.17) is 0 Å². The van der Waals surface area contributed by atoms with Crippen LogP contribution in [0, 0.1) is 0 Å². The van der Waals surface area contributed by atoms with Crippen LogP contribution in [-0.2, 0) is 23.2 Å². The van der Waals surface area contributed by atoms with Crippen molar-refractivity contribution in [2.45, 2.75) is 51.4 Å². The first-order valence-electron chi connectivity index (χ1n) is 7.10. The van der Waals surface area contributed by atoms with Gasteiger partial charge in [-0.3, -0.25) is 0 Å². The van der Waals surface area contributed by atoms with E-state index in [2.05, 4.69) is 83.3 Å². The summed E-state index contributed by atoms with van der Waals surface area (Å²) in [6.45, 7) is 14.5. The summed E-state index contributed by atoms with van der Waals surface area (Å²) in [5.41, 5.74) is 0. The Morgan fingerprint density at radius 3 is 1.24 bits per heavy atom. The third kappa shape index (κ3) is 26.1. The van der Waals surface area contributed by atoms with Gasteiger partial charge in [-0.25, -0.2) is 0 Å². The van der Waals surface area contributed by atoms with E-state index in [9.17, 15) is 0 Å². The molecule has 0 aliphatic heterocycles. The molecular formula is C16H30Cl2Si2Zr. The van der Waals surface area contributed by atoms with Crippen LogP contribution in [0.5, 0.6) is 0 Å². The molecule has 5 heteroatoms. The third-order valence-electron chi connectivity index (χ3n) is 2.34. The van der Waals surface area contributed by atoms with E-state index in [0.717, 1.165) is 0 Å². The van der Waals surface area contributed by atoms with Gasteiger partial charge in [-0.2, -0.15) is 0 Å². The second-order valence-corrected chi connectivity index (χ2v) is 20.8. The summed E-state index contributed by atoms with van der Waals surface area (Å²) in [7, 11) is -1.78. The molecule has 0 aromatic heterocycles. The van der Waals surface area contributed by atoms with Crippen molar-refractivity contribution in [2.24, 2.45) is 0 Å². The van der Waals surface area contributed by atoms with Gasteiger partial charge in [0.25, 0.3) is 0 Å². The SMILES string of the molecule is C[Si](C)(C)CC=CC=[CH][Zr+2][CH]=CC=CC[Si](C)(C)C.[Cl-].[Cl-]. The normalized spacial score (nSPS) is 12.9. The zero-order chi connectivity index (χ0) is 14.8. The molecular weight excluding hydrogens is 410 g/mol. The summed E-state index contributed by atoms with van der Waals surface area (Å²) >= 11 is -0.417. The molecule has 0 atom stereocenters. The molecule has 0 heterocycles. The van der Waals surface area contributed by atoms with Gasteiger partial charge in [0.1, 0.15) is 0 Å². The van der Waals surface area contributed by atoms with Gasteiger partial charge < -0.3 is 24.8 Å². The molecule has 0 aliphatic carbocycles. The maximum absolute atomic E-state index is 2.41. The minimum atomic E-state index is -0.890. The van der Waals surface area contributed by atoms with Gasteiger partial charge in [-0.15, -0.1) is 0 Å². The van der Waals surface area contributed by atoms with Crippen LogP contribution in [0.25, 0.3) is 0 Å². The van der Waals surface area contributed by atoms with Crippen LogP contribution < -0.4 is 24.8 Å². The summed E-state index contributed by atoms with van der Waals surface area (Å²) in [5, 5.41) is 0. The molecule has 0 saturated carbocycles. The number of halogens is 2. The molecule has 0 spiro atoms. The van der Waals surface area contributed by atoms with Crippen LogP contribution in [0.1, 0.15) is 0 Å². The summed E-state index contributed by atoms with van der Waals surface area (Å²) < 4.78 is 4.76. The minimum Gasteiger partial charge on any atom is -1.00 e. The Balaban J connectivity index is -0.00000162. The summed E-state index contributed by atoms with van der Waals surface area (Å²) in [6, 6.07) is 2.58. The van der Waals surface area contributed by atoms with Crippen LogP contribution in [0.2, 0.25) is 51.4 Å². The fraction of sp³-hybridized carbons (Fsp3) is 0.500. The molecule has 0 amide bonds. The van der Waals surface area contributed by atoms with Gasteiger partial charge in [0, 0.05) is 0 Å². The summed E-state index contributed by atoms with van der Waals surface area (Å²) in [6.07, 6.45) is 13.6. The van der Waals surface area contributed by atoms with Crippen molar-refractivity contribution in [2.75, 3.05) is 0 Å². The fourth-order valence-corrected chi connectivity index (χ4v) is 4.33. The van der Waals surface area contributed by atoms with E-state index < -0.39 is 39.4 Å². The summed E-state index contributed by atoms with van der Waals surface area (Å²) in [5.74, 6) is 0. The average Bonchev–Trinajstić information content (AvgIpc) is 2.22. The van der Waals surface area contributed by atoms with Gasteiger partial charge in [0.05, 0.1) is 0 Å². The van der Waals surface area contributed by atoms with E-state index in [1.807, 2.05) is 0 Å². The fourth-order valence-electron chi connectivity index (χ4n) is 1.28. The Labute approximate surface area is 158 Å². The Morgan fingerprint density at radius 2 is 0.952 bits per heavy atom. The molecule has 0 unspecified atom stereocenters. The van der Waals surface area contributed by atoms with Crippen LogP contribution in [0.15, 0.2) is 44.0 Å². The number of hydrogen-bond donors (Lipinski definition) is 0. The molecule has 0 aromatic carbocycles. The number of rotatable bonds is 8. The van der Waals surface area contributed by atoms with Gasteiger partial charge >= 0.3 is 135 Å². The van der Waals surface area contributed by atoms with Crippen molar-refractivity contribution in [3.8, 4) is 0 Å². The molecule has 0 aliphatic rings. The monoisotopic (exact) mass is 438 g/mol. The summed E-state index contributed by atoms with van der Waals surface area (Å²) in [4.78, 5) is 0. The van der Waals surface area contributed by atoms with E-state index >= 15 is 0 Å². The predicted molar refractivity (Wildman–Crippen MR) is 92.9 cm³/mol. The Hall–Kier alpha value is 0.857. The molecule has 21 heavy (non-hydrogen) atoms. The van der Waals surface area contributed by atoms with Crippen LogP contribution >= 0.6 is 0 Å². The second-order valence-electron chi connectivity index (χ2n) is 7.27. The van der Waals surface area contributed by atoms with Crippen LogP contribution in [0.4, 0.5) is 0 Å². The zero-order valence-electron chi connectivity index (χ0n) is 14.3. The quantitative estimate of drug-likeness (QED) is 0.365. The minimum absolute atomic E-state index is 0. The third-order valence-corrected chi connectivity index (χ3v) is 7.15. The standard InChI is InChI=1S/2C8H15Si.2ClH.Zr/c2*1-5-6-7-8-9(2,3)4;;;/h2*1,5-7H,8H2,2-4H3;2*1H;/q;;;;+2/p-2. The van der Waals surface area contributed by atoms with Gasteiger partial charge in [0.15, 0.2) is 0 Å². The number of hydrogen-bond acceptors (Lipinski definition) is 0. The molecule has 0 bridgehead atoms. The maximum Gasteiger partial charge on any atom is -1.00 e. The van der Waals surface area contributed by atoms with Gasteiger partial charge in [-0.1, -0.05) is 0 Å².